The van der Waals surface area contributed by atoms with Gasteiger partial charge in [-0.25, -0.2) is 4.79 Å². The molecule has 5 heteroatoms. The summed E-state index contributed by atoms with van der Waals surface area (Å²) in [6.07, 6.45) is 0. The first-order chi connectivity index (χ1) is 16.6. The number of esters is 1. The predicted molar refractivity (Wildman–Crippen MR) is 133 cm³/mol. The highest BCUT2D eigenvalue weighted by Gasteiger charge is 2.30. The van der Waals surface area contributed by atoms with Crippen molar-refractivity contribution in [1.82, 2.24) is 4.40 Å². The van der Waals surface area contributed by atoms with Gasteiger partial charge < -0.3 is 13.9 Å². The van der Waals surface area contributed by atoms with E-state index in [4.69, 9.17) is 9.47 Å². The maximum Gasteiger partial charge on any atom is 0.340 e. The van der Waals surface area contributed by atoms with Gasteiger partial charge in [0.25, 0.3) is 0 Å². The minimum atomic E-state index is -0.465. The van der Waals surface area contributed by atoms with Crippen LogP contribution in [0.4, 0.5) is 0 Å². The Morgan fingerprint density at radius 2 is 1.50 bits per heavy atom. The molecule has 3 aromatic carbocycles. The first kappa shape index (κ1) is 21.5. The summed E-state index contributed by atoms with van der Waals surface area (Å²) in [4.78, 5) is 27.3. The lowest BCUT2D eigenvalue weighted by Gasteiger charge is -2.10. The molecule has 0 atom stereocenters. The molecule has 0 saturated carbocycles. The molecule has 5 aromatic rings. The summed E-state index contributed by atoms with van der Waals surface area (Å²) in [5.74, 6) is 0.0492. The molecule has 0 amide bonds. The van der Waals surface area contributed by atoms with Crippen LogP contribution >= 0.6 is 0 Å². The van der Waals surface area contributed by atoms with Gasteiger partial charge in [-0.3, -0.25) is 4.79 Å². The lowest BCUT2D eigenvalue weighted by atomic mass is 9.96. The van der Waals surface area contributed by atoms with E-state index >= 15 is 0 Å². The van der Waals surface area contributed by atoms with Crippen molar-refractivity contribution in [2.24, 2.45) is 0 Å². The third-order valence-corrected chi connectivity index (χ3v) is 5.92. The fraction of sp³-hybridized carbons (Fsp3) is 0.103. The van der Waals surface area contributed by atoms with Crippen molar-refractivity contribution < 1.29 is 19.1 Å². The lowest BCUT2D eigenvalue weighted by Crippen LogP contribution is -2.08. The number of methoxy groups -OCH3 is 1. The van der Waals surface area contributed by atoms with E-state index < -0.39 is 5.97 Å². The Bertz CT molecular complexity index is 1520. The Balaban J connectivity index is 1.94. The van der Waals surface area contributed by atoms with Crippen molar-refractivity contribution >= 4 is 28.2 Å². The summed E-state index contributed by atoms with van der Waals surface area (Å²) < 4.78 is 12.7. The van der Waals surface area contributed by atoms with Crippen LogP contribution in [-0.2, 0) is 4.74 Å². The maximum absolute atomic E-state index is 14.0. The minimum Gasteiger partial charge on any atom is -0.497 e. The summed E-state index contributed by atoms with van der Waals surface area (Å²) in [7, 11) is 1.60. The number of carbonyl (C=O) groups is 2. The number of pyridine rings is 1. The second-order valence-corrected chi connectivity index (χ2v) is 7.86. The standard InChI is InChI=1S/C29H23NO4/c1-3-34-29(32)26-24-18-15-19-9-7-8-12-23(19)30(24)27(28(31)21-10-5-4-6-11-21)25(26)20-13-16-22(33-2)17-14-20/h4-18H,3H2,1-2H3. The highest BCUT2D eigenvalue weighted by atomic mass is 16.5. The van der Waals surface area contributed by atoms with Gasteiger partial charge >= 0.3 is 5.97 Å². The van der Waals surface area contributed by atoms with Crippen molar-refractivity contribution in [3.8, 4) is 16.9 Å². The van der Waals surface area contributed by atoms with Crippen LogP contribution in [0.15, 0.2) is 91.0 Å². The number of hydrogen-bond donors (Lipinski definition) is 0. The van der Waals surface area contributed by atoms with Crippen LogP contribution in [0.25, 0.3) is 27.5 Å². The van der Waals surface area contributed by atoms with E-state index in [1.165, 1.54) is 0 Å². The zero-order chi connectivity index (χ0) is 23.7. The molecule has 0 spiro atoms. The van der Waals surface area contributed by atoms with Crippen LogP contribution in [0, 0.1) is 0 Å². The van der Waals surface area contributed by atoms with Gasteiger partial charge in [0, 0.05) is 11.1 Å². The summed E-state index contributed by atoms with van der Waals surface area (Å²) >= 11 is 0. The molecule has 5 nitrogen and oxygen atoms in total. The van der Waals surface area contributed by atoms with E-state index in [1.807, 2.05) is 83.3 Å². The zero-order valence-electron chi connectivity index (χ0n) is 18.9. The Morgan fingerprint density at radius 3 is 2.21 bits per heavy atom. The molecule has 34 heavy (non-hydrogen) atoms. The third-order valence-electron chi connectivity index (χ3n) is 5.92. The molecule has 168 valence electrons. The molecule has 0 aliphatic carbocycles. The summed E-state index contributed by atoms with van der Waals surface area (Å²) in [6.45, 7) is 2.00. The van der Waals surface area contributed by atoms with E-state index in [-0.39, 0.29) is 12.4 Å². The second-order valence-electron chi connectivity index (χ2n) is 7.86. The van der Waals surface area contributed by atoms with Crippen LogP contribution in [0.3, 0.4) is 0 Å². The lowest BCUT2D eigenvalue weighted by molar-refractivity contribution is 0.0529. The van der Waals surface area contributed by atoms with E-state index in [0.29, 0.717) is 33.7 Å². The highest BCUT2D eigenvalue weighted by Crippen LogP contribution is 2.38. The number of fused-ring (bicyclic) bond motifs is 3. The predicted octanol–water partition coefficient (Wildman–Crippen LogP) is 6.18. The van der Waals surface area contributed by atoms with Crippen molar-refractivity contribution in [2.75, 3.05) is 13.7 Å². The number of nitrogens with zero attached hydrogens (tertiary/aromatic N) is 1. The molecule has 0 radical (unpaired) electrons. The van der Waals surface area contributed by atoms with Gasteiger partial charge in [-0.05, 0) is 42.1 Å². The van der Waals surface area contributed by atoms with Gasteiger partial charge in [-0.15, -0.1) is 0 Å². The monoisotopic (exact) mass is 449 g/mol. The van der Waals surface area contributed by atoms with Gasteiger partial charge in [0.2, 0.25) is 5.78 Å². The van der Waals surface area contributed by atoms with E-state index in [1.54, 1.807) is 26.2 Å². The number of ether oxygens (including phenoxy) is 2. The van der Waals surface area contributed by atoms with Crippen molar-refractivity contribution in [3.63, 3.8) is 0 Å². The average molecular weight is 450 g/mol. The van der Waals surface area contributed by atoms with E-state index in [0.717, 1.165) is 16.5 Å². The van der Waals surface area contributed by atoms with Crippen molar-refractivity contribution in [1.29, 1.82) is 0 Å². The molecule has 0 saturated heterocycles. The zero-order valence-corrected chi connectivity index (χ0v) is 18.9. The number of carbonyl (C=O) groups excluding carboxylic acids is 2. The third kappa shape index (κ3) is 3.52. The Hall–Kier alpha value is -4.38. The molecule has 0 N–H and O–H groups in total. The summed E-state index contributed by atoms with van der Waals surface area (Å²) in [5.41, 5.74) is 4.08. The fourth-order valence-corrected chi connectivity index (χ4v) is 4.39. The molecule has 0 bridgehead atoms. The van der Waals surface area contributed by atoms with Crippen molar-refractivity contribution in [2.45, 2.75) is 6.92 Å². The Morgan fingerprint density at radius 1 is 0.794 bits per heavy atom. The van der Waals surface area contributed by atoms with Crippen LogP contribution in [-0.4, -0.2) is 29.9 Å². The quantitative estimate of drug-likeness (QED) is 0.230. The average Bonchev–Trinajstić information content (AvgIpc) is 3.24. The van der Waals surface area contributed by atoms with Gasteiger partial charge in [0.1, 0.15) is 11.4 Å². The normalized spacial score (nSPS) is 11.0. The molecule has 0 fully saturated rings. The van der Waals surface area contributed by atoms with Crippen LogP contribution < -0.4 is 4.74 Å². The van der Waals surface area contributed by atoms with E-state index in [2.05, 4.69) is 0 Å². The smallest absolute Gasteiger partial charge is 0.340 e. The minimum absolute atomic E-state index is 0.173. The van der Waals surface area contributed by atoms with Crippen molar-refractivity contribution in [3.05, 3.63) is 108 Å². The van der Waals surface area contributed by atoms with Gasteiger partial charge in [-0.2, -0.15) is 0 Å². The molecular weight excluding hydrogens is 426 g/mol. The second kappa shape index (κ2) is 8.87. The highest BCUT2D eigenvalue weighted by molar-refractivity contribution is 6.19. The first-order valence-electron chi connectivity index (χ1n) is 11.1. The van der Waals surface area contributed by atoms with Crippen LogP contribution in [0.2, 0.25) is 0 Å². The topological polar surface area (TPSA) is 57.0 Å². The molecule has 2 aromatic heterocycles. The van der Waals surface area contributed by atoms with Gasteiger partial charge in [0.05, 0.1) is 30.3 Å². The van der Waals surface area contributed by atoms with Gasteiger partial charge in [-0.1, -0.05) is 66.7 Å². The number of para-hydroxylation sites is 1. The molecule has 2 heterocycles. The number of benzene rings is 3. The first-order valence-corrected chi connectivity index (χ1v) is 11.1. The summed E-state index contributed by atoms with van der Waals surface area (Å²) in [6, 6.07) is 28.1. The Labute approximate surface area is 197 Å². The number of ketones is 1. The molecular formula is C29H23NO4. The van der Waals surface area contributed by atoms with E-state index in [9.17, 15) is 9.59 Å². The van der Waals surface area contributed by atoms with Gasteiger partial charge in [0.15, 0.2) is 0 Å². The number of aromatic nitrogens is 1. The molecule has 5 rings (SSSR count). The number of hydrogen-bond acceptors (Lipinski definition) is 4. The molecule has 0 unspecified atom stereocenters. The molecule has 0 aliphatic heterocycles. The number of rotatable bonds is 6. The molecule has 0 aliphatic rings. The Kier molecular flexibility index (Phi) is 5.60. The van der Waals surface area contributed by atoms with Crippen LogP contribution in [0.5, 0.6) is 5.75 Å². The summed E-state index contributed by atoms with van der Waals surface area (Å²) in [5, 5.41) is 0.962. The maximum atomic E-state index is 14.0. The largest absolute Gasteiger partial charge is 0.497 e. The fourth-order valence-electron chi connectivity index (χ4n) is 4.39. The SMILES string of the molecule is CCOC(=O)c1c(-c2ccc(OC)cc2)c(C(=O)c2ccccc2)n2c1ccc1ccccc12. The van der Waals surface area contributed by atoms with Crippen LogP contribution in [0.1, 0.15) is 33.3 Å².